The van der Waals surface area contributed by atoms with Gasteiger partial charge in [0.25, 0.3) is 5.91 Å². The van der Waals surface area contributed by atoms with Crippen LogP contribution in [-0.4, -0.2) is 37.6 Å². The monoisotopic (exact) mass is 369 g/mol. The summed E-state index contributed by atoms with van der Waals surface area (Å²) in [6, 6.07) is 13.6. The zero-order chi connectivity index (χ0) is 19.2. The fourth-order valence-corrected chi connectivity index (χ4v) is 3.44. The Balaban J connectivity index is 1.86. The van der Waals surface area contributed by atoms with Gasteiger partial charge in [-0.05, 0) is 43.9 Å². The number of rotatable bonds is 6. The first-order valence-electron chi connectivity index (χ1n) is 9.37. The molecule has 0 saturated carbocycles. The normalized spacial score (nSPS) is 16.7. The van der Waals surface area contributed by atoms with Crippen molar-refractivity contribution in [2.45, 2.75) is 38.8 Å². The molecule has 2 aromatic rings. The van der Waals surface area contributed by atoms with E-state index in [1.807, 2.05) is 35.2 Å². The van der Waals surface area contributed by atoms with Crippen molar-refractivity contribution in [2.75, 3.05) is 20.8 Å². The third-order valence-electron chi connectivity index (χ3n) is 5.00. The van der Waals surface area contributed by atoms with Gasteiger partial charge in [0.2, 0.25) is 5.75 Å². The van der Waals surface area contributed by atoms with Crippen LogP contribution in [-0.2, 0) is 6.61 Å². The largest absolute Gasteiger partial charge is 0.493 e. The summed E-state index contributed by atoms with van der Waals surface area (Å²) in [5, 5.41) is 0. The van der Waals surface area contributed by atoms with E-state index in [2.05, 4.69) is 6.92 Å². The van der Waals surface area contributed by atoms with Crippen molar-refractivity contribution in [2.24, 2.45) is 0 Å². The lowest BCUT2D eigenvalue weighted by Crippen LogP contribution is -2.42. The Hall–Kier alpha value is -2.69. The molecule has 1 fully saturated rings. The Labute approximate surface area is 160 Å². The quantitative estimate of drug-likeness (QED) is 0.762. The molecule has 144 valence electrons. The zero-order valence-corrected chi connectivity index (χ0v) is 16.2. The highest BCUT2D eigenvalue weighted by Gasteiger charge is 2.26. The average molecular weight is 369 g/mol. The topological polar surface area (TPSA) is 48.0 Å². The maximum absolute atomic E-state index is 13.0. The van der Waals surface area contributed by atoms with Crippen molar-refractivity contribution >= 4 is 5.91 Å². The SMILES string of the molecule is COc1cc(C(=O)N2CCCCC2C)cc(OC)c1OCc1ccccc1. The molecule has 0 N–H and O–H groups in total. The van der Waals surface area contributed by atoms with Gasteiger partial charge in [-0.1, -0.05) is 30.3 Å². The molecule has 3 rings (SSSR count). The van der Waals surface area contributed by atoms with Crippen LogP contribution in [0.25, 0.3) is 0 Å². The zero-order valence-electron chi connectivity index (χ0n) is 16.2. The molecule has 0 bridgehead atoms. The molecule has 1 saturated heterocycles. The molecule has 1 heterocycles. The van der Waals surface area contributed by atoms with Crippen molar-refractivity contribution in [1.82, 2.24) is 4.90 Å². The Bertz CT molecular complexity index is 750. The van der Waals surface area contributed by atoms with E-state index in [0.29, 0.717) is 29.4 Å². The Morgan fingerprint density at radius 1 is 1.07 bits per heavy atom. The van der Waals surface area contributed by atoms with Crippen LogP contribution in [0.4, 0.5) is 0 Å². The van der Waals surface area contributed by atoms with Gasteiger partial charge in [-0.3, -0.25) is 4.79 Å². The molecule has 1 unspecified atom stereocenters. The van der Waals surface area contributed by atoms with Crippen molar-refractivity contribution < 1.29 is 19.0 Å². The summed E-state index contributed by atoms with van der Waals surface area (Å²) < 4.78 is 17.0. The lowest BCUT2D eigenvalue weighted by Gasteiger charge is -2.33. The molecule has 0 radical (unpaired) electrons. The van der Waals surface area contributed by atoms with E-state index in [1.165, 1.54) is 6.42 Å². The van der Waals surface area contributed by atoms with Gasteiger partial charge in [-0.25, -0.2) is 0 Å². The minimum Gasteiger partial charge on any atom is -0.493 e. The molecule has 1 atom stereocenters. The molecular formula is C22H27NO4. The first-order valence-corrected chi connectivity index (χ1v) is 9.37. The van der Waals surface area contributed by atoms with E-state index >= 15 is 0 Å². The van der Waals surface area contributed by atoms with Crippen LogP contribution in [0.3, 0.4) is 0 Å². The first kappa shape index (κ1) is 19.1. The summed E-state index contributed by atoms with van der Waals surface area (Å²) in [5.74, 6) is 1.51. The van der Waals surface area contributed by atoms with Gasteiger partial charge in [-0.15, -0.1) is 0 Å². The molecular weight excluding hydrogens is 342 g/mol. The molecule has 27 heavy (non-hydrogen) atoms. The molecule has 1 aliphatic rings. The van der Waals surface area contributed by atoms with Crippen LogP contribution in [0.5, 0.6) is 17.2 Å². The van der Waals surface area contributed by atoms with Gasteiger partial charge >= 0.3 is 0 Å². The Kier molecular flexibility index (Phi) is 6.22. The highest BCUT2D eigenvalue weighted by molar-refractivity contribution is 5.96. The third-order valence-corrected chi connectivity index (χ3v) is 5.00. The smallest absolute Gasteiger partial charge is 0.254 e. The average Bonchev–Trinajstić information content (AvgIpc) is 2.72. The van der Waals surface area contributed by atoms with E-state index in [1.54, 1.807) is 26.4 Å². The minimum absolute atomic E-state index is 0.00779. The lowest BCUT2D eigenvalue weighted by molar-refractivity contribution is 0.0634. The summed E-state index contributed by atoms with van der Waals surface area (Å²) in [5.41, 5.74) is 1.61. The molecule has 0 spiro atoms. The second-order valence-corrected chi connectivity index (χ2v) is 6.83. The number of nitrogens with zero attached hydrogens (tertiary/aromatic N) is 1. The van der Waals surface area contributed by atoms with Gasteiger partial charge in [0.1, 0.15) is 6.61 Å². The molecule has 0 aliphatic carbocycles. The van der Waals surface area contributed by atoms with Crippen molar-refractivity contribution in [3.63, 3.8) is 0 Å². The number of hydrogen-bond acceptors (Lipinski definition) is 4. The summed E-state index contributed by atoms with van der Waals surface area (Å²) in [4.78, 5) is 14.9. The van der Waals surface area contributed by atoms with Gasteiger partial charge in [0.05, 0.1) is 14.2 Å². The number of likely N-dealkylation sites (tertiary alicyclic amines) is 1. The number of piperidine rings is 1. The number of amides is 1. The van der Waals surface area contributed by atoms with Crippen LogP contribution in [0.15, 0.2) is 42.5 Å². The van der Waals surface area contributed by atoms with Gasteiger partial charge < -0.3 is 19.1 Å². The van der Waals surface area contributed by atoms with Crippen LogP contribution in [0.1, 0.15) is 42.1 Å². The van der Waals surface area contributed by atoms with Crippen molar-refractivity contribution in [3.05, 3.63) is 53.6 Å². The van der Waals surface area contributed by atoms with E-state index < -0.39 is 0 Å². The fraction of sp³-hybridized carbons (Fsp3) is 0.409. The number of benzene rings is 2. The Morgan fingerprint density at radius 2 is 1.74 bits per heavy atom. The van der Waals surface area contributed by atoms with Crippen LogP contribution < -0.4 is 14.2 Å². The van der Waals surface area contributed by atoms with E-state index in [9.17, 15) is 4.79 Å². The molecule has 5 heteroatoms. The summed E-state index contributed by atoms with van der Waals surface area (Å²) in [6.45, 7) is 3.28. The Morgan fingerprint density at radius 3 is 2.33 bits per heavy atom. The first-order chi connectivity index (χ1) is 13.1. The summed E-state index contributed by atoms with van der Waals surface area (Å²) in [7, 11) is 3.14. The summed E-state index contributed by atoms with van der Waals surface area (Å²) in [6.07, 6.45) is 3.25. The predicted molar refractivity (Wildman–Crippen MR) is 105 cm³/mol. The number of carbonyl (C=O) groups is 1. The highest BCUT2D eigenvalue weighted by Crippen LogP contribution is 2.39. The second-order valence-electron chi connectivity index (χ2n) is 6.83. The molecule has 0 aromatic heterocycles. The minimum atomic E-state index is 0.00779. The molecule has 1 aliphatic heterocycles. The van der Waals surface area contributed by atoms with Gasteiger partial charge in [-0.2, -0.15) is 0 Å². The number of methoxy groups -OCH3 is 2. The number of hydrogen-bond donors (Lipinski definition) is 0. The predicted octanol–water partition coefficient (Wildman–Crippen LogP) is 4.30. The lowest BCUT2D eigenvalue weighted by atomic mass is 10.0. The highest BCUT2D eigenvalue weighted by atomic mass is 16.5. The maximum Gasteiger partial charge on any atom is 0.254 e. The van der Waals surface area contributed by atoms with E-state index in [-0.39, 0.29) is 11.9 Å². The molecule has 5 nitrogen and oxygen atoms in total. The van der Waals surface area contributed by atoms with Gasteiger partial charge in [0, 0.05) is 18.2 Å². The third kappa shape index (κ3) is 4.35. The van der Waals surface area contributed by atoms with Crippen LogP contribution in [0.2, 0.25) is 0 Å². The standard InChI is InChI=1S/C22H27NO4/c1-16-9-7-8-12-23(16)22(24)18-13-19(25-2)21(20(14-18)26-3)27-15-17-10-5-4-6-11-17/h4-6,10-11,13-14,16H,7-9,12,15H2,1-3H3. The maximum atomic E-state index is 13.0. The van der Waals surface area contributed by atoms with Crippen LogP contribution in [0, 0.1) is 0 Å². The molecule has 2 aromatic carbocycles. The van der Waals surface area contributed by atoms with Crippen molar-refractivity contribution in [3.8, 4) is 17.2 Å². The van der Waals surface area contributed by atoms with E-state index in [0.717, 1.165) is 24.9 Å². The molecule has 1 amide bonds. The van der Waals surface area contributed by atoms with E-state index in [4.69, 9.17) is 14.2 Å². The number of carbonyl (C=O) groups excluding carboxylic acids is 1. The second kappa shape index (κ2) is 8.80. The fourth-order valence-electron chi connectivity index (χ4n) is 3.44. The number of ether oxygens (including phenoxy) is 3. The van der Waals surface area contributed by atoms with Crippen LogP contribution >= 0.6 is 0 Å². The van der Waals surface area contributed by atoms with Gasteiger partial charge in [0.15, 0.2) is 11.5 Å². The van der Waals surface area contributed by atoms with Crippen molar-refractivity contribution in [1.29, 1.82) is 0 Å². The summed E-state index contributed by atoms with van der Waals surface area (Å²) >= 11 is 0.